The van der Waals surface area contributed by atoms with Gasteiger partial charge in [0.05, 0.1) is 11.2 Å². The Labute approximate surface area is 135 Å². The molecule has 0 atom stereocenters. The first-order valence-corrected chi connectivity index (χ1v) is 8.55. The number of nitrogens with two attached hydrogens (primary N) is 1. The summed E-state index contributed by atoms with van der Waals surface area (Å²) in [5.41, 5.74) is 6.93. The highest BCUT2D eigenvalue weighted by atomic mass is 16.7. The van der Waals surface area contributed by atoms with Crippen LogP contribution in [0.15, 0.2) is 16.7 Å². The Kier molecular flexibility index (Phi) is 5.39. The van der Waals surface area contributed by atoms with Gasteiger partial charge in [0, 0.05) is 17.7 Å². The Hall–Kier alpha value is -0.805. The van der Waals surface area contributed by atoms with Crippen molar-refractivity contribution in [1.82, 2.24) is 0 Å². The summed E-state index contributed by atoms with van der Waals surface area (Å²) in [5, 5.41) is 0. The summed E-state index contributed by atoms with van der Waals surface area (Å²) < 4.78 is 12.2. The van der Waals surface area contributed by atoms with Gasteiger partial charge in [0.1, 0.15) is 0 Å². The number of nitrogens with zero attached hydrogens (tertiary/aromatic N) is 1. The zero-order chi connectivity index (χ0) is 16.4. The van der Waals surface area contributed by atoms with E-state index in [1.807, 2.05) is 6.92 Å². The lowest BCUT2D eigenvalue weighted by atomic mass is 9.76. The molecule has 1 saturated heterocycles. The molecule has 0 aromatic heterocycles. The van der Waals surface area contributed by atoms with Gasteiger partial charge in [-0.05, 0) is 59.6 Å². The van der Waals surface area contributed by atoms with Crippen molar-refractivity contribution < 1.29 is 9.31 Å². The molecule has 2 fully saturated rings. The fourth-order valence-electron chi connectivity index (χ4n) is 3.07. The fraction of sp³-hybridized carbons (Fsp3) is 0.824. The second-order valence-electron chi connectivity index (χ2n) is 7.64. The average Bonchev–Trinajstić information content (AvgIpc) is 2.67. The van der Waals surface area contributed by atoms with Crippen LogP contribution in [-0.2, 0) is 9.31 Å². The summed E-state index contributed by atoms with van der Waals surface area (Å²) in [6.45, 7) is 11.1. The molecule has 2 rings (SSSR count). The van der Waals surface area contributed by atoms with Crippen LogP contribution in [0.4, 0.5) is 0 Å². The fourth-order valence-corrected chi connectivity index (χ4v) is 3.07. The highest BCUT2D eigenvalue weighted by molar-refractivity contribution is 6.62. The monoisotopic (exact) mass is 306 g/mol. The van der Waals surface area contributed by atoms with Crippen molar-refractivity contribution >= 4 is 12.8 Å². The molecule has 0 unspecified atom stereocenters. The van der Waals surface area contributed by atoms with Gasteiger partial charge in [-0.2, -0.15) is 0 Å². The molecule has 0 aromatic carbocycles. The maximum atomic E-state index is 6.08. The number of aliphatic imine (C=N–C) groups is 1. The van der Waals surface area contributed by atoms with Crippen LogP contribution in [-0.4, -0.2) is 30.6 Å². The molecule has 1 saturated carbocycles. The SMILES string of the molecule is CC(=NCC1CCCCC1)/C(=C\N)B1OC(C)(C)C(C)(C)O1. The molecule has 0 spiro atoms. The Balaban J connectivity index is 2.02. The Bertz CT molecular complexity index is 436. The van der Waals surface area contributed by atoms with E-state index in [4.69, 9.17) is 20.0 Å². The molecule has 2 aliphatic rings. The third kappa shape index (κ3) is 3.74. The van der Waals surface area contributed by atoms with Crippen molar-refractivity contribution in [2.45, 2.75) is 77.9 Å². The summed E-state index contributed by atoms with van der Waals surface area (Å²) in [7, 11) is -0.426. The third-order valence-corrected chi connectivity index (χ3v) is 5.42. The normalized spacial score (nSPS) is 26.5. The van der Waals surface area contributed by atoms with Crippen molar-refractivity contribution in [2.24, 2.45) is 16.6 Å². The molecule has 124 valence electrons. The number of hydrogen-bond acceptors (Lipinski definition) is 4. The van der Waals surface area contributed by atoms with Crippen LogP contribution in [0, 0.1) is 5.92 Å². The first-order chi connectivity index (χ1) is 10.3. The van der Waals surface area contributed by atoms with Gasteiger partial charge < -0.3 is 15.0 Å². The van der Waals surface area contributed by atoms with E-state index in [1.165, 1.54) is 32.1 Å². The van der Waals surface area contributed by atoms with E-state index in [2.05, 4.69) is 27.7 Å². The van der Waals surface area contributed by atoms with E-state index >= 15 is 0 Å². The maximum absolute atomic E-state index is 6.08. The summed E-state index contributed by atoms with van der Waals surface area (Å²) >= 11 is 0. The van der Waals surface area contributed by atoms with Crippen molar-refractivity contribution in [2.75, 3.05) is 6.54 Å². The van der Waals surface area contributed by atoms with E-state index in [9.17, 15) is 0 Å². The lowest BCUT2D eigenvalue weighted by molar-refractivity contribution is 0.00578. The molecular weight excluding hydrogens is 275 g/mol. The van der Waals surface area contributed by atoms with E-state index < -0.39 is 7.12 Å². The number of allylic oxidation sites excluding steroid dienone is 1. The number of hydrogen-bond donors (Lipinski definition) is 1. The second kappa shape index (κ2) is 6.75. The molecule has 0 radical (unpaired) electrons. The van der Waals surface area contributed by atoms with E-state index in [1.54, 1.807) is 6.20 Å². The summed E-state index contributed by atoms with van der Waals surface area (Å²) in [6, 6.07) is 0. The average molecular weight is 306 g/mol. The largest absolute Gasteiger partial charge is 0.498 e. The third-order valence-electron chi connectivity index (χ3n) is 5.42. The molecule has 0 bridgehead atoms. The lowest BCUT2D eigenvalue weighted by Gasteiger charge is -2.32. The van der Waals surface area contributed by atoms with Crippen LogP contribution in [0.5, 0.6) is 0 Å². The summed E-state index contributed by atoms with van der Waals surface area (Å²) in [5.74, 6) is 0.723. The Morgan fingerprint density at radius 3 is 2.18 bits per heavy atom. The smallest absolute Gasteiger partial charge is 0.405 e. The molecule has 1 heterocycles. The van der Waals surface area contributed by atoms with Gasteiger partial charge in [0.25, 0.3) is 0 Å². The first-order valence-electron chi connectivity index (χ1n) is 8.55. The maximum Gasteiger partial charge on any atom is 0.498 e. The predicted octanol–water partition coefficient (Wildman–Crippen LogP) is 3.50. The molecule has 0 aromatic rings. The van der Waals surface area contributed by atoms with Crippen molar-refractivity contribution in [3.05, 3.63) is 11.7 Å². The molecule has 1 aliphatic carbocycles. The van der Waals surface area contributed by atoms with E-state index in [-0.39, 0.29) is 11.2 Å². The predicted molar refractivity (Wildman–Crippen MR) is 92.9 cm³/mol. The first kappa shape index (κ1) is 17.5. The van der Waals surface area contributed by atoms with Gasteiger partial charge >= 0.3 is 7.12 Å². The van der Waals surface area contributed by atoms with Crippen molar-refractivity contribution in [1.29, 1.82) is 0 Å². The lowest BCUT2D eigenvalue weighted by Crippen LogP contribution is -2.41. The summed E-state index contributed by atoms with van der Waals surface area (Å²) in [6.07, 6.45) is 8.25. The zero-order valence-electron chi connectivity index (χ0n) is 14.8. The minimum atomic E-state index is -0.426. The standard InChI is InChI=1S/C17H31BN2O2/c1-13(20-12-14-9-7-6-8-10-14)15(11-19)18-21-16(2,3)17(4,5)22-18/h11,14H,6-10,12,19H2,1-5H3/b15-11+,20-13?. The van der Waals surface area contributed by atoms with Gasteiger partial charge in [-0.3, -0.25) is 4.99 Å². The molecular formula is C17H31BN2O2. The van der Waals surface area contributed by atoms with Gasteiger partial charge in [-0.1, -0.05) is 19.3 Å². The highest BCUT2D eigenvalue weighted by Gasteiger charge is 2.52. The van der Waals surface area contributed by atoms with Crippen molar-refractivity contribution in [3.63, 3.8) is 0 Å². The Morgan fingerprint density at radius 2 is 1.68 bits per heavy atom. The van der Waals surface area contributed by atoms with Crippen LogP contribution >= 0.6 is 0 Å². The minimum Gasteiger partial charge on any atom is -0.405 e. The molecule has 4 nitrogen and oxygen atoms in total. The van der Waals surface area contributed by atoms with Crippen LogP contribution < -0.4 is 5.73 Å². The van der Waals surface area contributed by atoms with Crippen LogP contribution in [0.2, 0.25) is 0 Å². The molecule has 5 heteroatoms. The van der Waals surface area contributed by atoms with Gasteiger partial charge in [-0.25, -0.2) is 0 Å². The second-order valence-corrected chi connectivity index (χ2v) is 7.64. The highest BCUT2D eigenvalue weighted by Crippen LogP contribution is 2.38. The van der Waals surface area contributed by atoms with Gasteiger partial charge in [0.2, 0.25) is 0 Å². The van der Waals surface area contributed by atoms with Crippen LogP contribution in [0.3, 0.4) is 0 Å². The molecule has 0 amide bonds. The zero-order valence-corrected chi connectivity index (χ0v) is 14.8. The molecule has 1 aliphatic heterocycles. The van der Waals surface area contributed by atoms with E-state index in [0.717, 1.165) is 23.6 Å². The molecule has 2 N–H and O–H groups in total. The molecule has 22 heavy (non-hydrogen) atoms. The topological polar surface area (TPSA) is 56.8 Å². The van der Waals surface area contributed by atoms with Crippen LogP contribution in [0.25, 0.3) is 0 Å². The van der Waals surface area contributed by atoms with Gasteiger partial charge in [0.15, 0.2) is 0 Å². The van der Waals surface area contributed by atoms with Gasteiger partial charge in [-0.15, -0.1) is 0 Å². The Morgan fingerprint density at radius 1 is 1.14 bits per heavy atom. The minimum absolute atomic E-state index is 0.352. The number of rotatable bonds is 4. The van der Waals surface area contributed by atoms with E-state index in [0.29, 0.717) is 0 Å². The summed E-state index contributed by atoms with van der Waals surface area (Å²) in [4.78, 5) is 4.77. The van der Waals surface area contributed by atoms with Crippen molar-refractivity contribution in [3.8, 4) is 0 Å². The van der Waals surface area contributed by atoms with Crippen LogP contribution in [0.1, 0.15) is 66.7 Å². The quantitative estimate of drug-likeness (QED) is 0.639.